The van der Waals surface area contributed by atoms with Gasteiger partial charge in [-0.15, -0.1) is 10.2 Å². The summed E-state index contributed by atoms with van der Waals surface area (Å²) < 4.78 is 20.5. The Kier molecular flexibility index (Phi) is 6.34. The zero-order valence-electron chi connectivity index (χ0n) is 16.5. The lowest BCUT2D eigenvalue weighted by Gasteiger charge is -2.12. The predicted molar refractivity (Wildman–Crippen MR) is 120 cm³/mol. The maximum Gasteiger partial charge on any atom is 0.196 e. The Hall–Kier alpha value is -3.16. The van der Waals surface area contributed by atoms with Gasteiger partial charge in [-0.2, -0.15) is 0 Å². The molecule has 0 unspecified atom stereocenters. The molecule has 1 heterocycles. The molecule has 4 aromatic rings. The minimum Gasteiger partial charge on any atom is -0.496 e. The Labute approximate surface area is 187 Å². The third kappa shape index (κ3) is 4.62. The van der Waals surface area contributed by atoms with E-state index in [9.17, 15) is 9.18 Å². The van der Waals surface area contributed by atoms with E-state index in [0.717, 1.165) is 11.3 Å². The Bertz CT molecular complexity index is 1210. The molecule has 0 N–H and O–H groups in total. The Morgan fingerprint density at radius 1 is 1.03 bits per heavy atom. The van der Waals surface area contributed by atoms with Crippen molar-refractivity contribution in [3.63, 3.8) is 0 Å². The highest BCUT2D eigenvalue weighted by molar-refractivity contribution is 7.99. The molecule has 8 heteroatoms. The van der Waals surface area contributed by atoms with Crippen LogP contribution in [0.5, 0.6) is 5.75 Å². The highest BCUT2D eigenvalue weighted by Gasteiger charge is 2.20. The maximum atomic E-state index is 13.1. The molecule has 3 aromatic carbocycles. The van der Waals surface area contributed by atoms with Crippen molar-refractivity contribution in [3.8, 4) is 22.8 Å². The van der Waals surface area contributed by atoms with Crippen LogP contribution in [0.2, 0.25) is 5.02 Å². The van der Waals surface area contributed by atoms with Gasteiger partial charge in [-0.1, -0.05) is 35.5 Å². The summed E-state index contributed by atoms with van der Waals surface area (Å²) in [6.45, 7) is 0. The van der Waals surface area contributed by atoms with Crippen LogP contribution in [0, 0.1) is 5.82 Å². The molecule has 4 rings (SSSR count). The van der Waals surface area contributed by atoms with Crippen molar-refractivity contribution in [2.24, 2.45) is 0 Å². The normalized spacial score (nSPS) is 10.8. The summed E-state index contributed by atoms with van der Waals surface area (Å²) in [5, 5.41) is 9.84. The SMILES string of the molecule is COc1ccccc1-c1nnc(SCC(=O)c2ccc(F)cc2)n1-c1ccc(Cl)cc1. The van der Waals surface area contributed by atoms with Crippen molar-refractivity contribution in [1.29, 1.82) is 0 Å². The summed E-state index contributed by atoms with van der Waals surface area (Å²) in [5.74, 6) is 0.853. The van der Waals surface area contributed by atoms with Gasteiger partial charge < -0.3 is 4.74 Å². The van der Waals surface area contributed by atoms with Crippen LogP contribution in [0.25, 0.3) is 17.1 Å². The predicted octanol–water partition coefficient (Wildman–Crippen LogP) is 5.71. The fraction of sp³-hybridized carbons (Fsp3) is 0.0870. The molecule has 0 fully saturated rings. The molecular weight excluding hydrogens is 437 g/mol. The second-order valence-electron chi connectivity index (χ2n) is 6.54. The lowest BCUT2D eigenvalue weighted by atomic mass is 10.1. The Morgan fingerprint density at radius 3 is 2.45 bits per heavy atom. The minimum absolute atomic E-state index is 0.128. The molecule has 0 saturated carbocycles. The first-order valence-corrected chi connectivity index (χ1v) is 10.7. The molecule has 31 heavy (non-hydrogen) atoms. The van der Waals surface area contributed by atoms with Gasteiger partial charge in [0.2, 0.25) is 0 Å². The van der Waals surface area contributed by atoms with E-state index in [2.05, 4.69) is 10.2 Å². The van der Waals surface area contributed by atoms with Crippen LogP contribution in [0.15, 0.2) is 78.0 Å². The van der Waals surface area contributed by atoms with Crippen LogP contribution in [0.4, 0.5) is 4.39 Å². The van der Waals surface area contributed by atoms with Crippen LogP contribution < -0.4 is 4.74 Å². The number of hydrogen-bond acceptors (Lipinski definition) is 5. The van der Waals surface area contributed by atoms with Gasteiger partial charge >= 0.3 is 0 Å². The van der Waals surface area contributed by atoms with E-state index >= 15 is 0 Å². The number of halogens is 2. The fourth-order valence-corrected chi connectivity index (χ4v) is 4.01. The number of Topliss-reactive ketones (excluding diaryl/α,β-unsaturated/α-hetero) is 1. The van der Waals surface area contributed by atoms with Crippen molar-refractivity contribution in [1.82, 2.24) is 14.8 Å². The quantitative estimate of drug-likeness (QED) is 0.265. The van der Waals surface area contributed by atoms with Gasteiger partial charge in [-0.3, -0.25) is 9.36 Å². The molecule has 0 amide bonds. The van der Waals surface area contributed by atoms with E-state index in [4.69, 9.17) is 16.3 Å². The number of aromatic nitrogens is 3. The van der Waals surface area contributed by atoms with Crippen LogP contribution in [-0.2, 0) is 0 Å². The molecule has 0 aliphatic heterocycles. The molecular formula is C23H17ClFN3O2S. The minimum atomic E-state index is -0.381. The molecule has 0 saturated heterocycles. The summed E-state index contributed by atoms with van der Waals surface area (Å²) in [7, 11) is 1.60. The fourth-order valence-electron chi connectivity index (χ4n) is 3.04. The molecule has 0 radical (unpaired) electrons. The monoisotopic (exact) mass is 453 g/mol. The van der Waals surface area contributed by atoms with E-state index in [1.54, 1.807) is 19.2 Å². The number of hydrogen-bond donors (Lipinski definition) is 0. The largest absolute Gasteiger partial charge is 0.496 e. The number of rotatable bonds is 7. The summed E-state index contributed by atoms with van der Waals surface area (Å²) in [6, 6.07) is 20.3. The molecule has 1 aromatic heterocycles. The first-order chi connectivity index (χ1) is 15.1. The van der Waals surface area contributed by atoms with E-state index < -0.39 is 0 Å². The molecule has 0 aliphatic rings. The number of benzene rings is 3. The zero-order chi connectivity index (χ0) is 21.8. The van der Waals surface area contributed by atoms with Crippen LogP contribution >= 0.6 is 23.4 Å². The molecule has 0 bridgehead atoms. The van der Waals surface area contributed by atoms with Crippen LogP contribution in [-0.4, -0.2) is 33.4 Å². The van der Waals surface area contributed by atoms with Gasteiger partial charge in [-0.25, -0.2) is 4.39 Å². The van der Waals surface area contributed by atoms with Crippen molar-refractivity contribution < 1.29 is 13.9 Å². The Balaban J connectivity index is 1.71. The van der Waals surface area contributed by atoms with Crippen molar-refractivity contribution in [3.05, 3.63) is 89.2 Å². The maximum absolute atomic E-state index is 13.1. The van der Waals surface area contributed by atoms with E-state index in [0.29, 0.717) is 27.3 Å². The first-order valence-electron chi connectivity index (χ1n) is 9.33. The third-order valence-electron chi connectivity index (χ3n) is 4.56. The summed E-state index contributed by atoms with van der Waals surface area (Å²) in [5.41, 5.74) is 2.01. The lowest BCUT2D eigenvalue weighted by molar-refractivity contribution is 0.102. The highest BCUT2D eigenvalue weighted by Crippen LogP contribution is 2.33. The number of methoxy groups -OCH3 is 1. The van der Waals surface area contributed by atoms with Crippen molar-refractivity contribution in [2.45, 2.75) is 5.16 Å². The number of para-hydroxylation sites is 1. The average Bonchev–Trinajstić information content (AvgIpc) is 3.22. The lowest BCUT2D eigenvalue weighted by Crippen LogP contribution is -2.05. The van der Waals surface area contributed by atoms with E-state index in [1.165, 1.54) is 36.0 Å². The van der Waals surface area contributed by atoms with E-state index in [-0.39, 0.29) is 17.4 Å². The van der Waals surface area contributed by atoms with Crippen molar-refractivity contribution >= 4 is 29.1 Å². The van der Waals surface area contributed by atoms with Gasteiger partial charge in [0.05, 0.1) is 18.4 Å². The average molecular weight is 454 g/mol. The summed E-state index contributed by atoms with van der Waals surface area (Å²) >= 11 is 7.32. The molecule has 0 atom stereocenters. The van der Waals surface area contributed by atoms with Gasteiger partial charge in [0, 0.05) is 16.3 Å². The summed E-state index contributed by atoms with van der Waals surface area (Å²) in [4.78, 5) is 12.6. The van der Waals surface area contributed by atoms with Gasteiger partial charge in [0.25, 0.3) is 0 Å². The highest BCUT2D eigenvalue weighted by atomic mass is 35.5. The Morgan fingerprint density at radius 2 is 1.74 bits per heavy atom. The molecule has 5 nitrogen and oxygen atoms in total. The summed E-state index contributed by atoms with van der Waals surface area (Å²) in [6.07, 6.45) is 0. The van der Waals surface area contributed by atoms with Gasteiger partial charge in [0.15, 0.2) is 16.8 Å². The second kappa shape index (κ2) is 9.32. The molecule has 156 valence electrons. The van der Waals surface area contributed by atoms with Gasteiger partial charge in [-0.05, 0) is 60.7 Å². The number of nitrogens with zero attached hydrogens (tertiary/aromatic N) is 3. The number of thioether (sulfide) groups is 1. The standard InChI is InChI=1S/C23H17ClFN3O2S/c1-30-21-5-3-2-4-19(21)22-26-27-23(28(22)18-12-8-16(24)9-13-18)31-14-20(29)15-6-10-17(25)11-7-15/h2-13H,14H2,1H3. The topological polar surface area (TPSA) is 57.0 Å². The first kappa shape index (κ1) is 21.1. The molecule has 0 aliphatic carbocycles. The molecule has 0 spiro atoms. The zero-order valence-corrected chi connectivity index (χ0v) is 18.0. The number of carbonyl (C=O) groups excluding carboxylic acids is 1. The second-order valence-corrected chi connectivity index (χ2v) is 7.92. The van der Waals surface area contributed by atoms with Crippen molar-refractivity contribution in [2.75, 3.05) is 12.9 Å². The number of carbonyl (C=O) groups is 1. The number of ether oxygens (including phenoxy) is 1. The van der Waals surface area contributed by atoms with Crippen LogP contribution in [0.3, 0.4) is 0 Å². The van der Waals surface area contributed by atoms with Gasteiger partial charge in [0.1, 0.15) is 11.6 Å². The third-order valence-corrected chi connectivity index (χ3v) is 5.75. The smallest absolute Gasteiger partial charge is 0.196 e. The number of ketones is 1. The van der Waals surface area contributed by atoms with Crippen LogP contribution in [0.1, 0.15) is 10.4 Å². The van der Waals surface area contributed by atoms with E-state index in [1.807, 2.05) is 41.0 Å².